The molecule has 2 heterocycles. The number of piperidine rings is 1. The zero-order valence-corrected chi connectivity index (χ0v) is 11.6. The van der Waals surface area contributed by atoms with Crippen molar-refractivity contribution in [1.82, 2.24) is 9.47 Å². The van der Waals surface area contributed by atoms with Gasteiger partial charge in [-0.15, -0.1) is 0 Å². The molecule has 1 amide bonds. The molecule has 1 fully saturated rings. The highest BCUT2D eigenvalue weighted by Crippen LogP contribution is 2.30. The maximum absolute atomic E-state index is 12.4. The molecule has 0 spiro atoms. The third-order valence-corrected chi connectivity index (χ3v) is 3.85. The summed E-state index contributed by atoms with van der Waals surface area (Å²) in [5, 5.41) is 9.26. The summed E-state index contributed by atoms with van der Waals surface area (Å²) in [6.45, 7) is 2.35. The van der Waals surface area contributed by atoms with Crippen molar-refractivity contribution < 1.29 is 14.7 Å². The average Bonchev–Trinajstić information content (AvgIpc) is 2.41. The zero-order valence-electron chi connectivity index (χ0n) is 11.6. The molecule has 1 saturated heterocycles. The van der Waals surface area contributed by atoms with Crippen molar-refractivity contribution in [3.05, 3.63) is 34.2 Å². The Morgan fingerprint density at radius 2 is 2.10 bits per heavy atom. The second-order valence-electron chi connectivity index (χ2n) is 5.56. The van der Waals surface area contributed by atoms with E-state index in [9.17, 15) is 19.5 Å². The van der Waals surface area contributed by atoms with Gasteiger partial charge in [0, 0.05) is 38.0 Å². The maximum atomic E-state index is 12.4. The monoisotopic (exact) mass is 278 g/mol. The molecular formula is C14H18N2O4. The lowest BCUT2D eigenvalue weighted by molar-refractivity contribution is -0.150. The van der Waals surface area contributed by atoms with Gasteiger partial charge >= 0.3 is 5.97 Å². The minimum atomic E-state index is -0.909. The molecular weight excluding hydrogens is 260 g/mol. The molecule has 6 nitrogen and oxygen atoms in total. The van der Waals surface area contributed by atoms with Gasteiger partial charge in [0.05, 0.1) is 5.41 Å². The van der Waals surface area contributed by atoms with E-state index in [2.05, 4.69) is 0 Å². The van der Waals surface area contributed by atoms with Gasteiger partial charge < -0.3 is 14.6 Å². The average molecular weight is 278 g/mol. The summed E-state index contributed by atoms with van der Waals surface area (Å²) in [6, 6.07) is 2.87. The van der Waals surface area contributed by atoms with E-state index in [1.54, 1.807) is 20.0 Å². The first kappa shape index (κ1) is 14.3. The SMILES string of the molecule is Cn1ccc(C(=O)N2CCCC(C)(C(=O)O)C2)cc1=O. The second-order valence-corrected chi connectivity index (χ2v) is 5.56. The van der Waals surface area contributed by atoms with Crippen LogP contribution in [0.3, 0.4) is 0 Å². The predicted octanol–water partition coefficient (Wildman–Crippen LogP) is 0.712. The Kier molecular flexibility index (Phi) is 3.65. The number of aryl methyl sites for hydroxylation is 1. The van der Waals surface area contributed by atoms with E-state index in [0.29, 0.717) is 24.9 Å². The molecule has 1 N–H and O–H groups in total. The highest BCUT2D eigenvalue weighted by molar-refractivity contribution is 5.94. The van der Waals surface area contributed by atoms with Gasteiger partial charge in [0.15, 0.2) is 0 Å². The fraction of sp³-hybridized carbons (Fsp3) is 0.500. The Morgan fingerprint density at radius 1 is 1.40 bits per heavy atom. The number of nitrogens with zero attached hydrogens (tertiary/aromatic N) is 2. The number of carboxylic acids is 1. The van der Waals surface area contributed by atoms with Gasteiger partial charge in [0.25, 0.3) is 11.5 Å². The number of amides is 1. The lowest BCUT2D eigenvalue weighted by Gasteiger charge is -2.37. The fourth-order valence-electron chi connectivity index (χ4n) is 2.45. The van der Waals surface area contributed by atoms with E-state index in [1.165, 1.54) is 21.7 Å². The van der Waals surface area contributed by atoms with E-state index in [4.69, 9.17) is 0 Å². The summed E-state index contributed by atoms with van der Waals surface area (Å²) in [5.74, 6) is -1.17. The number of likely N-dealkylation sites (tertiary alicyclic amines) is 1. The van der Waals surface area contributed by atoms with Gasteiger partial charge in [0.1, 0.15) is 0 Å². The lowest BCUT2D eigenvalue weighted by atomic mass is 9.82. The topological polar surface area (TPSA) is 79.6 Å². The summed E-state index contributed by atoms with van der Waals surface area (Å²) in [6.07, 6.45) is 2.75. The molecule has 0 aliphatic carbocycles. The highest BCUT2D eigenvalue weighted by Gasteiger charge is 2.39. The number of carbonyl (C=O) groups is 2. The number of aliphatic carboxylic acids is 1. The molecule has 1 unspecified atom stereocenters. The number of carbonyl (C=O) groups excluding carboxylic acids is 1. The van der Waals surface area contributed by atoms with E-state index in [0.717, 1.165) is 0 Å². The number of hydrogen-bond donors (Lipinski definition) is 1. The zero-order chi connectivity index (χ0) is 14.9. The third kappa shape index (κ3) is 2.59. The Hall–Kier alpha value is -2.11. The Balaban J connectivity index is 2.22. The Bertz CT molecular complexity index is 607. The van der Waals surface area contributed by atoms with Gasteiger partial charge in [-0.05, 0) is 25.8 Å². The minimum Gasteiger partial charge on any atom is -0.481 e. The van der Waals surface area contributed by atoms with E-state index >= 15 is 0 Å². The number of carboxylic acid groups (broad SMARTS) is 1. The van der Waals surface area contributed by atoms with Crippen molar-refractivity contribution in [2.45, 2.75) is 19.8 Å². The molecule has 0 saturated carbocycles. The Labute approximate surface area is 116 Å². The molecule has 1 aromatic rings. The van der Waals surface area contributed by atoms with Crippen LogP contribution in [-0.4, -0.2) is 39.5 Å². The molecule has 2 rings (SSSR count). The van der Waals surface area contributed by atoms with Crippen LogP contribution in [0.5, 0.6) is 0 Å². The van der Waals surface area contributed by atoms with Crippen LogP contribution >= 0.6 is 0 Å². The predicted molar refractivity (Wildman–Crippen MR) is 72.6 cm³/mol. The second kappa shape index (κ2) is 5.11. The van der Waals surface area contributed by atoms with Crippen molar-refractivity contribution in [1.29, 1.82) is 0 Å². The number of aromatic nitrogens is 1. The molecule has 1 aliphatic heterocycles. The van der Waals surface area contributed by atoms with Gasteiger partial charge in [0.2, 0.25) is 0 Å². The highest BCUT2D eigenvalue weighted by atomic mass is 16.4. The summed E-state index contributed by atoms with van der Waals surface area (Å²) in [4.78, 5) is 36.7. The van der Waals surface area contributed by atoms with Crippen LogP contribution in [0.4, 0.5) is 0 Å². The lowest BCUT2D eigenvalue weighted by Crippen LogP contribution is -2.48. The van der Waals surface area contributed by atoms with Gasteiger partial charge in [-0.2, -0.15) is 0 Å². The standard InChI is InChI=1S/C14H18N2O4/c1-14(13(19)20)5-3-6-16(9-14)12(18)10-4-7-15(2)11(17)8-10/h4,7-8H,3,5-6,9H2,1-2H3,(H,19,20). The van der Waals surface area contributed by atoms with Crippen molar-refractivity contribution in [2.75, 3.05) is 13.1 Å². The van der Waals surface area contributed by atoms with Crippen LogP contribution < -0.4 is 5.56 Å². The van der Waals surface area contributed by atoms with E-state index in [1.807, 2.05) is 0 Å². The van der Waals surface area contributed by atoms with Crippen LogP contribution in [0.15, 0.2) is 23.1 Å². The van der Waals surface area contributed by atoms with Crippen molar-refractivity contribution >= 4 is 11.9 Å². The van der Waals surface area contributed by atoms with Crippen molar-refractivity contribution in [3.8, 4) is 0 Å². The van der Waals surface area contributed by atoms with Gasteiger partial charge in [-0.3, -0.25) is 14.4 Å². The first-order valence-corrected chi connectivity index (χ1v) is 6.53. The molecule has 20 heavy (non-hydrogen) atoms. The summed E-state index contributed by atoms with van der Waals surface area (Å²) in [7, 11) is 1.61. The van der Waals surface area contributed by atoms with Crippen molar-refractivity contribution in [2.24, 2.45) is 12.5 Å². The van der Waals surface area contributed by atoms with Crippen LogP contribution in [0, 0.1) is 5.41 Å². The summed E-state index contributed by atoms with van der Waals surface area (Å²) < 4.78 is 1.38. The number of pyridine rings is 1. The van der Waals surface area contributed by atoms with E-state index in [-0.39, 0.29) is 18.0 Å². The number of hydrogen-bond acceptors (Lipinski definition) is 3. The molecule has 108 valence electrons. The fourth-order valence-corrected chi connectivity index (χ4v) is 2.45. The maximum Gasteiger partial charge on any atom is 0.311 e. The third-order valence-electron chi connectivity index (χ3n) is 3.85. The van der Waals surface area contributed by atoms with Gasteiger partial charge in [-0.25, -0.2) is 0 Å². The normalized spacial score (nSPS) is 22.6. The molecule has 1 aromatic heterocycles. The number of rotatable bonds is 2. The van der Waals surface area contributed by atoms with Crippen LogP contribution in [0.2, 0.25) is 0 Å². The molecule has 0 bridgehead atoms. The quantitative estimate of drug-likeness (QED) is 0.864. The van der Waals surface area contributed by atoms with Crippen LogP contribution in [0.25, 0.3) is 0 Å². The first-order chi connectivity index (χ1) is 9.33. The van der Waals surface area contributed by atoms with Crippen LogP contribution in [0.1, 0.15) is 30.1 Å². The first-order valence-electron chi connectivity index (χ1n) is 6.53. The van der Waals surface area contributed by atoms with E-state index < -0.39 is 11.4 Å². The smallest absolute Gasteiger partial charge is 0.311 e. The molecule has 0 radical (unpaired) electrons. The largest absolute Gasteiger partial charge is 0.481 e. The minimum absolute atomic E-state index is 0.177. The van der Waals surface area contributed by atoms with Crippen molar-refractivity contribution in [3.63, 3.8) is 0 Å². The summed E-state index contributed by atoms with van der Waals surface area (Å²) >= 11 is 0. The van der Waals surface area contributed by atoms with Gasteiger partial charge in [-0.1, -0.05) is 0 Å². The summed E-state index contributed by atoms with van der Waals surface area (Å²) in [5.41, 5.74) is -0.857. The Morgan fingerprint density at radius 3 is 2.70 bits per heavy atom. The molecule has 1 atom stereocenters. The molecule has 0 aromatic carbocycles. The molecule has 6 heteroatoms. The molecule has 1 aliphatic rings. The van der Waals surface area contributed by atoms with Crippen LogP contribution in [-0.2, 0) is 11.8 Å².